The third-order valence-corrected chi connectivity index (χ3v) is 3.82. The Hall–Kier alpha value is -0.480. The van der Waals surface area contributed by atoms with Crippen LogP contribution in [0.4, 0.5) is 0 Å². The highest BCUT2D eigenvalue weighted by Gasteiger charge is 2.24. The van der Waals surface area contributed by atoms with E-state index in [0.29, 0.717) is 5.92 Å². The Kier molecular flexibility index (Phi) is 5.79. The third-order valence-electron chi connectivity index (χ3n) is 3.82. The van der Waals surface area contributed by atoms with Crippen molar-refractivity contribution < 1.29 is 0 Å². The molecule has 1 fully saturated rings. The van der Waals surface area contributed by atoms with E-state index in [2.05, 4.69) is 12.8 Å². The van der Waals surface area contributed by atoms with Crippen molar-refractivity contribution in [3.8, 4) is 12.3 Å². The zero-order valence-electron chi connectivity index (χ0n) is 10.0. The van der Waals surface area contributed by atoms with Gasteiger partial charge in [0.05, 0.1) is 0 Å². The van der Waals surface area contributed by atoms with Gasteiger partial charge >= 0.3 is 0 Å². The van der Waals surface area contributed by atoms with E-state index < -0.39 is 0 Å². The summed E-state index contributed by atoms with van der Waals surface area (Å²) in [5.41, 5.74) is 6.06. The molecule has 0 aromatic heterocycles. The summed E-state index contributed by atoms with van der Waals surface area (Å²) in [6, 6.07) is 0.252. The topological polar surface area (TPSA) is 26.0 Å². The molecule has 2 N–H and O–H groups in total. The first kappa shape index (κ1) is 12.6. The minimum atomic E-state index is 0.252. The van der Waals surface area contributed by atoms with Gasteiger partial charge in [0.15, 0.2) is 0 Å². The molecule has 0 radical (unpaired) electrons. The van der Waals surface area contributed by atoms with Gasteiger partial charge in [0.25, 0.3) is 0 Å². The van der Waals surface area contributed by atoms with Gasteiger partial charge in [-0.3, -0.25) is 0 Å². The van der Waals surface area contributed by atoms with E-state index in [1.54, 1.807) is 0 Å². The summed E-state index contributed by atoms with van der Waals surface area (Å²) in [7, 11) is 0. The Balaban J connectivity index is 2.20. The van der Waals surface area contributed by atoms with Crippen molar-refractivity contribution in [3.63, 3.8) is 0 Å². The minimum absolute atomic E-state index is 0.252. The fraction of sp³-hybridized carbons (Fsp3) is 0.857. The van der Waals surface area contributed by atoms with Crippen molar-refractivity contribution in [3.05, 3.63) is 0 Å². The van der Waals surface area contributed by atoms with Gasteiger partial charge in [-0.05, 0) is 24.7 Å². The molecule has 0 aromatic rings. The second kappa shape index (κ2) is 6.90. The molecule has 0 spiro atoms. The van der Waals surface area contributed by atoms with Crippen molar-refractivity contribution >= 4 is 0 Å². The van der Waals surface area contributed by atoms with E-state index in [9.17, 15) is 0 Å². The molecule has 15 heavy (non-hydrogen) atoms. The van der Waals surface area contributed by atoms with Crippen molar-refractivity contribution in [2.75, 3.05) is 0 Å². The molecule has 0 amide bonds. The summed E-state index contributed by atoms with van der Waals surface area (Å²) in [5.74, 6) is 4.35. The smallest absolute Gasteiger partial charge is 0.0241 e. The second-order valence-electron chi connectivity index (χ2n) is 5.00. The second-order valence-corrected chi connectivity index (χ2v) is 5.00. The van der Waals surface area contributed by atoms with Crippen LogP contribution in [0.1, 0.15) is 58.3 Å². The summed E-state index contributed by atoms with van der Waals surface area (Å²) in [6.45, 7) is 2.27. The monoisotopic (exact) mass is 207 g/mol. The van der Waals surface area contributed by atoms with Gasteiger partial charge in [0.2, 0.25) is 0 Å². The number of rotatable bonds is 5. The fourth-order valence-corrected chi connectivity index (χ4v) is 2.70. The molecule has 1 unspecified atom stereocenters. The summed E-state index contributed by atoms with van der Waals surface area (Å²) >= 11 is 0. The Bertz CT molecular complexity index is 196. The lowest BCUT2D eigenvalue weighted by atomic mass is 9.76. The Morgan fingerprint density at radius 3 is 2.53 bits per heavy atom. The average molecular weight is 207 g/mol. The molecule has 1 saturated carbocycles. The van der Waals surface area contributed by atoms with Crippen LogP contribution in [-0.4, -0.2) is 6.04 Å². The number of hydrogen-bond donors (Lipinski definition) is 1. The average Bonchev–Trinajstić information content (AvgIpc) is 2.27. The van der Waals surface area contributed by atoms with Gasteiger partial charge in [0, 0.05) is 12.5 Å². The molecule has 0 aromatic carbocycles. The highest BCUT2D eigenvalue weighted by atomic mass is 14.6. The predicted octanol–water partition coefficient (Wildman–Crippen LogP) is 3.33. The van der Waals surface area contributed by atoms with Crippen LogP contribution in [0.3, 0.4) is 0 Å². The standard InChI is InChI=1S/C14H25N/c1-3-5-7-12-8-10-13(11-9-12)14(15)6-4-2/h2,12-14H,3,5-11,15H2,1H3. The van der Waals surface area contributed by atoms with Crippen molar-refractivity contribution in [1.29, 1.82) is 0 Å². The molecule has 1 nitrogen and oxygen atoms in total. The molecule has 1 rings (SSSR count). The number of hydrogen-bond acceptors (Lipinski definition) is 1. The fourth-order valence-electron chi connectivity index (χ4n) is 2.70. The molecule has 1 aliphatic carbocycles. The van der Waals surface area contributed by atoms with E-state index >= 15 is 0 Å². The first-order valence-corrected chi connectivity index (χ1v) is 6.47. The van der Waals surface area contributed by atoms with Crippen LogP contribution in [0.15, 0.2) is 0 Å². The number of terminal acetylenes is 1. The lowest BCUT2D eigenvalue weighted by molar-refractivity contribution is 0.233. The maximum Gasteiger partial charge on any atom is 0.0241 e. The molecule has 0 saturated heterocycles. The van der Waals surface area contributed by atoms with Crippen molar-refractivity contribution in [2.45, 2.75) is 64.3 Å². The van der Waals surface area contributed by atoms with Crippen molar-refractivity contribution in [1.82, 2.24) is 0 Å². The maximum atomic E-state index is 6.06. The molecule has 0 heterocycles. The Labute approximate surface area is 94.8 Å². The van der Waals surface area contributed by atoms with Crippen molar-refractivity contribution in [2.24, 2.45) is 17.6 Å². The quantitative estimate of drug-likeness (QED) is 0.688. The van der Waals surface area contributed by atoms with E-state index in [4.69, 9.17) is 12.2 Å². The SMILES string of the molecule is C#CCC(N)C1CCC(CCCC)CC1. The first-order chi connectivity index (χ1) is 7.27. The van der Waals surface area contributed by atoms with Gasteiger partial charge in [0.1, 0.15) is 0 Å². The lowest BCUT2D eigenvalue weighted by Crippen LogP contribution is -2.32. The molecule has 86 valence electrons. The van der Waals surface area contributed by atoms with Gasteiger partial charge in [-0.25, -0.2) is 0 Å². The van der Waals surface area contributed by atoms with Crippen LogP contribution in [0, 0.1) is 24.2 Å². The van der Waals surface area contributed by atoms with E-state index in [1.807, 2.05) is 0 Å². The van der Waals surface area contributed by atoms with Crippen LogP contribution >= 0.6 is 0 Å². The van der Waals surface area contributed by atoms with Gasteiger partial charge in [-0.1, -0.05) is 39.0 Å². The Morgan fingerprint density at radius 1 is 1.33 bits per heavy atom. The predicted molar refractivity (Wildman–Crippen MR) is 66.4 cm³/mol. The van der Waals surface area contributed by atoms with Crippen LogP contribution in [0.25, 0.3) is 0 Å². The van der Waals surface area contributed by atoms with Crippen LogP contribution in [-0.2, 0) is 0 Å². The Morgan fingerprint density at radius 2 is 2.00 bits per heavy atom. The summed E-state index contributed by atoms with van der Waals surface area (Å²) in [6.07, 6.45) is 15.6. The zero-order valence-corrected chi connectivity index (χ0v) is 10.0. The molecular weight excluding hydrogens is 182 g/mol. The number of unbranched alkanes of at least 4 members (excludes halogenated alkanes) is 1. The summed E-state index contributed by atoms with van der Waals surface area (Å²) < 4.78 is 0. The zero-order chi connectivity index (χ0) is 11.1. The summed E-state index contributed by atoms with van der Waals surface area (Å²) in [5, 5.41) is 0. The highest BCUT2D eigenvalue weighted by molar-refractivity contribution is 4.92. The van der Waals surface area contributed by atoms with E-state index in [1.165, 1.54) is 44.9 Å². The summed E-state index contributed by atoms with van der Waals surface area (Å²) in [4.78, 5) is 0. The van der Waals surface area contributed by atoms with Crippen LogP contribution in [0.2, 0.25) is 0 Å². The minimum Gasteiger partial charge on any atom is -0.327 e. The molecule has 1 aliphatic rings. The highest BCUT2D eigenvalue weighted by Crippen LogP contribution is 2.33. The van der Waals surface area contributed by atoms with Crippen LogP contribution in [0.5, 0.6) is 0 Å². The largest absolute Gasteiger partial charge is 0.327 e. The van der Waals surface area contributed by atoms with E-state index in [-0.39, 0.29) is 6.04 Å². The molecule has 1 atom stereocenters. The molecule has 0 aliphatic heterocycles. The maximum absolute atomic E-state index is 6.06. The van der Waals surface area contributed by atoms with Gasteiger partial charge < -0.3 is 5.73 Å². The third kappa shape index (κ3) is 4.26. The molecular formula is C14H25N. The van der Waals surface area contributed by atoms with E-state index in [0.717, 1.165) is 12.3 Å². The number of nitrogens with two attached hydrogens (primary N) is 1. The molecule has 0 bridgehead atoms. The first-order valence-electron chi connectivity index (χ1n) is 6.47. The molecule has 1 heteroatoms. The lowest BCUT2D eigenvalue weighted by Gasteiger charge is -2.31. The normalized spacial score (nSPS) is 28.3. The van der Waals surface area contributed by atoms with Gasteiger partial charge in [-0.2, -0.15) is 0 Å². The van der Waals surface area contributed by atoms with Crippen LogP contribution < -0.4 is 5.73 Å². The van der Waals surface area contributed by atoms with Gasteiger partial charge in [-0.15, -0.1) is 12.3 Å².